The second-order valence-electron chi connectivity index (χ2n) is 5.50. The van der Waals surface area contributed by atoms with E-state index in [2.05, 4.69) is 34.1 Å². The minimum absolute atomic E-state index is 0.127. The average Bonchev–Trinajstić information content (AvgIpc) is 3.09. The van der Waals surface area contributed by atoms with Crippen LogP contribution in [0.5, 0.6) is 0 Å². The largest absolute Gasteiger partial charge is 0.383 e. The molecule has 0 aliphatic heterocycles. The minimum atomic E-state index is -0.516. The summed E-state index contributed by atoms with van der Waals surface area (Å²) in [7, 11) is 0. The van der Waals surface area contributed by atoms with Gasteiger partial charge in [0.15, 0.2) is 5.52 Å². The smallest absolute Gasteiger partial charge is 0.300 e. The third kappa shape index (κ3) is 8.04. The topological polar surface area (TPSA) is 111 Å². The van der Waals surface area contributed by atoms with E-state index in [1.807, 2.05) is 13.8 Å². The summed E-state index contributed by atoms with van der Waals surface area (Å²) >= 11 is 0. The average molecular weight is 366 g/mol. The van der Waals surface area contributed by atoms with Crippen molar-refractivity contribution in [3.05, 3.63) is 22.2 Å². The van der Waals surface area contributed by atoms with Gasteiger partial charge in [-0.1, -0.05) is 40.5 Å². The maximum Gasteiger partial charge on any atom is 0.300 e. The number of nitrogens with one attached hydrogen (secondary N) is 1. The quantitative estimate of drug-likeness (QED) is 0.391. The number of Topliss-reactive ketones (excluding diaryl/α,β-unsaturated/α-hetero) is 1. The molecule has 0 amide bonds. The molecule has 146 valence electrons. The SMILES string of the molecule is CC.CC(=O)CCCCCNc1ccc([N+](=O)[O-])c2nonc12.CCC. The van der Waals surface area contributed by atoms with E-state index in [4.69, 9.17) is 0 Å². The highest BCUT2D eigenvalue weighted by Crippen LogP contribution is 2.28. The molecule has 0 bridgehead atoms. The number of carbonyl (C=O) groups is 1. The summed E-state index contributed by atoms with van der Waals surface area (Å²) in [6.07, 6.45) is 4.57. The lowest BCUT2D eigenvalue weighted by Crippen LogP contribution is -2.03. The molecule has 0 aliphatic carbocycles. The number of hydrogen-bond donors (Lipinski definition) is 1. The molecule has 2 rings (SSSR count). The number of hydrogen-bond acceptors (Lipinski definition) is 7. The van der Waals surface area contributed by atoms with Crippen LogP contribution in [0, 0.1) is 10.1 Å². The molecule has 0 unspecified atom stereocenters. The molecule has 8 heteroatoms. The van der Waals surface area contributed by atoms with Crippen LogP contribution in [-0.4, -0.2) is 27.6 Å². The van der Waals surface area contributed by atoms with Gasteiger partial charge in [-0.2, -0.15) is 0 Å². The Kier molecular flexibility index (Phi) is 12.4. The summed E-state index contributed by atoms with van der Waals surface area (Å²) in [6, 6.07) is 2.98. The number of rotatable bonds is 8. The Balaban J connectivity index is 0.00000113. The van der Waals surface area contributed by atoms with Crippen LogP contribution in [0.2, 0.25) is 0 Å². The van der Waals surface area contributed by atoms with Gasteiger partial charge < -0.3 is 10.1 Å². The van der Waals surface area contributed by atoms with E-state index in [-0.39, 0.29) is 17.0 Å². The summed E-state index contributed by atoms with van der Waals surface area (Å²) in [4.78, 5) is 21.1. The normalized spacial score (nSPS) is 9.58. The van der Waals surface area contributed by atoms with Crippen LogP contribution in [0.4, 0.5) is 11.4 Å². The van der Waals surface area contributed by atoms with Gasteiger partial charge in [0.25, 0.3) is 0 Å². The molecule has 1 aromatic heterocycles. The lowest BCUT2D eigenvalue weighted by Gasteiger charge is -2.06. The highest BCUT2D eigenvalue weighted by Gasteiger charge is 2.19. The van der Waals surface area contributed by atoms with Crippen LogP contribution in [0.25, 0.3) is 11.0 Å². The summed E-state index contributed by atoms with van der Waals surface area (Å²) in [6.45, 7) is 10.5. The molecule has 0 atom stereocenters. The molecule has 0 saturated heterocycles. The fraction of sp³-hybridized carbons (Fsp3) is 0.611. The van der Waals surface area contributed by atoms with Gasteiger partial charge in [0, 0.05) is 19.0 Å². The van der Waals surface area contributed by atoms with E-state index < -0.39 is 4.92 Å². The first-order valence-electron chi connectivity index (χ1n) is 9.14. The van der Waals surface area contributed by atoms with Gasteiger partial charge in [0.05, 0.1) is 10.6 Å². The molecule has 1 heterocycles. The standard InChI is InChI=1S/C13H16N4O4.C3H8.C2H6/c1-9(18)5-3-2-4-8-14-10-6-7-11(17(19)20)13-12(10)15-21-16-13;1-3-2;1-2/h6-7,14H,2-5,8H2,1H3;3H2,1-2H3;1-2H3. The van der Waals surface area contributed by atoms with E-state index in [0.29, 0.717) is 24.2 Å². The number of aromatic nitrogens is 2. The Morgan fingerprint density at radius 1 is 1.15 bits per heavy atom. The van der Waals surface area contributed by atoms with Gasteiger partial charge in [-0.25, -0.2) is 4.63 Å². The van der Waals surface area contributed by atoms with Crippen LogP contribution in [-0.2, 0) is 4.79 Å². The molecular formula is C18H30N4O4. The number of fused-ring (bicyclic) bond motifs is 1. The fourth-order valence-electron chi connectivity index (χ4n) is 2.04. The third-order valence-corrected chi connectivity index (χ3v) is 3.11. The van der Waals surface area contributed by atoms with Crippen LogP contribution in [0.15, 0.2) is 16.8 Å². The Labute approximate surface area is 154 Å². The molecular weight excluding hydrogens is 336 g/mol. The number of nitro benzene ring substituents is 1. The van der Waals surface area contributed by atoms with E-state index in [0.717, 1.165) is 19.3 Å². The zero-order chi connectivity index (χ0) is 19.9. The van der Waals surface area contributed by atoms with Crippen molar-refractivity contribution in [3.63, 3.8) is 0 Å². The van der Waals surface area contributed by atoms with E-state index in [9.17, 15) is 14.9 Å². The van der Waals surface area contributed by atoms with E-state index >= 15 is 0 Å². The molecule has 1 aromatic carbocycles. The number of anilines is 1. The predicted octanol–water partition coefficient (Wildman–Crippen LogP) is 5.13. The minimum Gasteiger partial charge on any atom is -0.383 e. The van der Waals surface area contributed by atoms with Gasteiger partial charge in [0.2, 0.25) is 5.52 Å². The zero-order valence-electron chi connectivity index (χ0n) is 16.4. The third-order valence-electron chi connectivity index (χ3n) is 3.11. The van der Waals surface area contributed by atoms with Crippen LogP contribution < -0.4 is 5.32 Å². The zero-order valence-corrected chi connectivity index (χ0v) is 16.4. The number of ketones is 1. The summed E-state index contributed by atoms with van der Waals surface area (Å²) in [5, 5.41) is 21.3. The summed E-state index contributed by atoms with van der Waals surface area (Å²) in [5.41, 5.74) is 1.02. The Hall–Kier alpha value is -2.51. The Morgan fingerprint density at radius 2 is 1.77 bits per heavy atom. The number of non-ortho nitro benzene ring substituents is 1. The predicted molar refractivity (Wildman–Crippen MR) is 103 cm³/mol. The van der Waals surface area contributed by atoms with Crippen molar-refractivity contribution in [1.29, 1.82) is 0 Å². The van der Waals surface area contributed by atoms with Gasteiger partial charge in [0.1, 0.15) is 5.78 Å². The first-order chi connectivity index (χ1) is 12.5. The van der Waals surface area contributed by atoms with Gasteiger partial charge in [-0.15, -0.1) is 0 Å². The number of carbonyl (C=O) groups excluding carboxylic acids is 1. The van der Waals surface area contributed by atoms with Crippen molar-refractivity contribution in [2.75, 3.05) is 11.9 Å². The van der Waals surface area contributed by atoms with Crippen molar-refractivity contribution in [2.45, 2.75) is 66.7 Å². The maximum absolute atomic E-state index is 10.9. The van der Waals surface area contributed by atoms with Crippen LogP contribution >= 0.6 is 0 Å². The molecule has 2 aromatic rings. The van der Waals surface area contributed by atoms with Gasteiger partial charge in [-0.3, -0.25) is 10.1 Å². The summed E-state index contributed by atoms with van der Waals surface area (Å²) in [5.74, 6) is 0.203. The molecule has 0 fully saturated rings. The molecule has 26 heavy (non-hydrogen) atoms. The molecule has 8 nitrogen and oxygen atoms in total. The molecule has 0 radical (unpaired) electrons. The molecule has 1 N–H and O–H groups in total. The number of nitro groups is 1. The van der Waals surface area contributed by atoms with Crippen molar-refractivity contribution >= 4 is 28.2 Å². The van der Waals surface area contributed by atoms with Crippen LogP contribution in [0.3, 0.4) is 0 Å². The monoisotopic (exact) mass is 366 g/mol. The van der Waals surface area contributed by atoms with Crippen molar-refractivity contribution < 1.29 is 14.3 Å². The second kappa shape index (κ2) is 13.7. The molecule has 0 saturated carbocycles. The first kappa shape index (κ1) is 23.5. The molecule has 0 aliphatic rings. The number of unbranched alkanes of at least 4 members (excludes halogenated alkanes) is 2. The lowest BCUT2D eigenvalue weighted by molar-refractivity contribution is -0.383. The van der Waals surface area contributed by atoms with E-state index in [1.54, 1.807) is 13.0 Å². The highest BCUT2D eigenvalue weighted by molar-refractivity contribution is 5.93. The van der Waals surface area contributed by atoms with Gasteiger partial charge >= 0.3 is 5.69 Å². The second-order valence-corrected chi connectivity index (χ2v) is 5.50. The number of benzene rings is 1. The van der Waals surface area contributed by atoms with Gasteiger partial charge in [-0.05, 0) is 36.1 Å². The Morgan fingerprint density at radius 3 is 2.35 bits per heavy atom. The van der Waals surface area contributed by atoms with Crippen molar-refractivity contribution in [3.8, 4) is 0 Å². The maximum atomic E-state index is 10.9. The number of nitrogens with zero attached hydrogens (tertiary/aromatic N) is 3. The molecule has 0 spiro atoms. The van der Waals surface area contributed by atoms with E-state index in [1.165, 1.54) is 12.5 Å². The lowest BCUT2D eigenvalue weighted by atomic mass is 10.1. The van der Waals surface area contributed by atoms with Crippen LogP contribution in [0.1, 0.15) is 66.7 Å². The first-order valence-corrected chi connectivity index (χ1v) is 9.14. The highest BCUT2D eigenvalue weighted by atomic mass is 16.6. The Bertz CT molecular complexity index is 670. The van der Waals surface area contributed by atoms with Crippen molar-refractivity contribution in [1.82, 2.24) is 10.3 Å². The summed E-state index contributed by atoms with van der Waals surface area (Å²) < 4.78 is 4.59. The fourth-order valence-corrected chi connectivity index (χ4v) is 2.04. The van der Waals surface area contributed by atoms with Crippen molar-refractivity contribution in [2.24, 2.45) is 0 Å².